The van der Waals surface area contributed by atoms with Gasteiger partial charge < -0.3 is 14.6 Å². The third kappa shape index (κ3) is 2.96. The molecular formula is C12H14O5. The maximum absolute atomic E-state index is 11.4. The highest BCUT2D eigenvalue weighted by Gasteiger charge is 2.17. The fraction of sp³-hybridized carbons (Fsp3) is 0.333. The van der Waals surface area contributed by atoms with E-state index in [1.54, 1.807) is 0 Å². The largest absolute Gasteiger partial charge is 0.504 e. The Morgan fingerprint density at radius 1 is 1.41 bits per heavy atom. The van der Waals surface area contributed by atoms with Crippen LogP contribution in [0.3, 0.4) is 0 Å². The number of carbonyl (C=O) groups excluding carboxylic acids is 2. The molecule has 92 valence electrons. The Balaban J connectivity index is 3.13. The van der Waals surface area contributed by atoms with Gasteiger partial charge in [0.25, 0.3) is 0 Å². The first kappa shape index (κ1) is 13.0. The fourth-order valence-electron chi connectivity index (χ4n) is 1.33. The summed E-state index contributed by atoms with van der Waals surface area (Å²) in [5.41, 5.74) is 0.157. The number of methoxy groups -OCH3 is 1. The zero-order valence-corrected chi connectivity index (χ0v) is 9.73. The third-order valence-corrected chi connectivity index (χ3v) is 2.12. The quantitative estimate of drug-likeness (QED) is 0.482. The van der Waals surface area contributed by atoms with Gasteiger partial charge in [0.15, 0.2) is 17.8 Å². The molecule has 1 aromatic carbocycles. The molecule has 1 aromatic rings. The lowest BCUT2D eigenvalue weighted by atomic mass is 10.2. The number of esters is 1. The van der Waals surface area contributed by atoms with E-state index in [-0.39, 0.29) is 29.2 Å². The van der Waals surface area contributed by atoms with Gasteiger partial charge in [0.1, 0.15) is 0 Å². The highest BCUT2D eigenvalue weighted by atomic mass is 16.6. The maximum Gasteiger partial charge on any atom is 0.311 e. The van der Waals surface area contributed by atoms with Crippen molar-refractivity contribution in [3.05, 3.63) is 17.7 Å². The summed E-state index contributed by atoms with van der Waals surface area (Å²) in [4.78, 5) is 22.2. The molecule has 0 bridgehead atoms. The van der Waals surface area contributed by atoms with E-state index in [0.29, 0.717) is 12.7 Å². The molecule has 1 N–H and O–H groups in total. The van der Waals surface area contributed by atoms with Crippen molar-refractivity contribution in [2.24, 2.45) is 0 Å². The monoisotopic (exact) mass is 238 g/mol. The Morgan fingerprint density at radius 3 is 2.65 bits per heavy atom. The second-order valence-corrected chi connectivity index (χ2v) is 3.38. The second-order valence-electron chi connectivity index (χ2n) is 3.38. The molecule has 1 rings (SSSR count). The minimum Gasteiger partial charge on any atom is -0.504 e. The summed E-state index contributed by atoms with van der Waals surface area (Å²) in [6.45, 7) is 1.83. The molecule has 0 aliphatic heterocycles. The van der Waals surface area contributed by atoms with Crippen molar-refractivity contribution in [2.45, 2.75) is 19.8 Å². The Kier molecular flexibility index (Phi) is 4.51. The SMILES string of the molecule is CCCC(=O)Oc1c(C=O)ccc(O)c1OC. The molecule has 0 saturated carbocycles. The molecule has 0 aliphatic rings. The number of phenolic OH excluding ortho intramolecular Hbond substituents is 1. The molecule has 0 unspecified atom stereocenters. The number of phenols is 1. The normalized spacial score (nSPS) is 9.76. The van der Waals surface area contributed by atoms with Gasteiger partial charge in [0.05, 0.1) is 12.7 Å². The predicted octanol–water partition coefficient (Wildman–Crippen LogP) is 1.92. The van der Waals surface area contributed by atoms with Crippen molar-refractivity contribution < 1.29 is 24.2 Å². The molecule has 0 fully saturated rings. The van der Waals surface area contributed by atoms with Crippen LogP contribution in [0.15, 0.2) is 12.1 Å². The topological polar surface area (TPSA) is 72.8 Å². The van der Waals surface area contributed by atoms with E-state index in [2.05, 4.69) is 0 Å². The van der Waals surface area contributed by atoms with Crippen LogP contribution >= 0.6 is 0 Å². The first-order chi connectivity index (χ1) is 8.13. The molecule has 0 spiro atoms. The van der Waals surface area contributed by atoms with Crippen LogP contribution in [0, 0.1) is 0 Å². The Bertz CT molecular complexity index is 425. The van der Waals surface area contributed by atoms with Crippen LogP contribution in [0.5, 0.6) is 17.2 Å². The molecule has 17 heavy (non-hydrogen) atoms. The predicted molar refractivity (Wildman–Crippen MR) is 60.6 cm³/mol. The molecule has 5 nitrogen and oxygen atoms in total. The first-order valence-corrected chi connectivity index (χ1v) is 5.19. The lowest BCUT2D eigenvalue weighted by molar-refractivity contribution is -0.134. The molecule has 0 aromatic heterocycles. The molecule has 0 atom stereocenters. The summed E-state index contributed by atoms with van der Waals surface area (Å²) in [6.07, 6.45) is 1.41. The highest BCUT2D eigenvalue weighted by Crippen LogP contribution is 2.38. The second kappa shape index (κ2) is 5.89. The van der Waals surface area contributed by atoms with E-state index in [1.807, 2.05) is 6.92 Å². The van der Waals surface area contributed by atoms with Crippen molar-refractivity contribution in [1.82, 2.24) is 0 Å². The zero-order chi connectivity index (χ0) is 12.8. The summed E-state index contributed by atoms with van der Waals surface area (Å²) in [5, 5.41) is 9.52. The van der Waals surface area contributed by atoms with E-state index in [4.69, 9.17) is 9.47 Å². The maximum atomic E-state index is 11.4. The summed E-state index contributed by atoms with van der Waals surface area (Å²) < 4.78 is 9.94. The van der Waals surface area contributed by atoms with E-state index in [9.17, 15) is 14.7 Å². The first-order valence-electron chi connectivity index (χ1n) is 5.19. The van der Waals surface area contributed by atoms with Crippen LogP contribution in [0.25, 0.3) is 0 Å². The lowest BCUT2D eigenvalue weighted by Gasteiger charge is -2.12. The molecule has 0 amide bonds. The average Bonchev–Trinajstić information content (AvgIpc) is 2.30. The Morgan fingerprint density at radius 2 is 2.12 bits per heavy atom. The molecular weight excluding hydrogens is 224 g/mol. The highest BCUT2D eigenvalue weighted by molar-refractivity contribution is 5.85. The van der Waals surface area contributed by atoms with Crippen LogP contribution in [-0.4, -0.2) is 24.5 Å². The molecule has 5 heteroatoms. The van der Waals surface area contributed by atoms with Gasteiger partial charge in [-0.15, -0.1) is 0 Å². The molecule has 0 radical (unpaired) electrons. The number of hydrogen-bond acceptors (Lipinski definition) is 5. The van der Waals surface area contributed by atoms with Crippen LogP contribution < -0.4 is 9.47 Å². The number of rotatable bonds is 5. The van der Waals surface area contributed by atoms with Crippen molar-refractivity contribution in [3.8, 4) is 17.2 Å². The minimum absolute atomic E-state index is 0.0148. The third-order valence-electron chi connectivity index (χ3n) is 2.12. The van der Waals surface area contributed by atoms with Gasteiger partial charge in [-0.3, -0.25) is 9.59 Å². The van der Waals surface area contributed by atoms with Crippen LogP contribution in [0.4, 0.5) is 0 Å². The summed E-state index contributed by atoms with van der Waals surface area (Å²) in [5.74, 6) is -0.711. The lowest BCUT2D eigenvalue weighted by Crippen LogP contribution is -2.09. The molecule has 0 saturated heterocycles. The van der Waals surface area contributed by atoms with E-state index < -0.39 is 5.97 Å². The Hall–Kier alpha value is -2.04. The van der Waals surface area contributed by atoms with Crippen LogP contribution in [-0.2, 0) is 4.79 Å². The Labute approximate surface area is 99.0 Å². The van der Waals surface area contributed by atoms with E-state index >= 15 is 0 Å². The van der Waals surface area contributed by atoms with Crippen molar-refractivity contribution in [1.29, 1.82) is 0 Å². The smallest absolute Gasteiger partial charge is 0.311 e. The number of aldehydes is 1. The van der Waals surface area contributed by atoms with Gasteiger partial charge in [0.2, 0.25) is 5.75 Å². The zero-order valence-electron chi connectivity index (χ0n) is 9.73. The van der Waals surface area contributed by atoms with Crippen molar-refractivity contribution >= 4 is 12.3 Å². The number of benzene rings is 1. The van der Waals surface area contributed by atoms with Crippen molar-refractivity contribution in [3.63, 3.8) is 0 Å². The number of hydrogen-bond donors (Lipinski definition) is 1. The summed E-state index contributed by atoms with van der Waals surface area (Å²) in [7, 11) is 1.32. The van der Waals surface area contributed by atoms with Crippen molar-refractivity contribution in [2.75, 3.05) is 7.11 Å². The number of ether oxygens (including phenoxy) is 2. The molecule has 0 heterocycles. The van der Waals surface area contributed by atoms with E-state index in [0.717, 1.165) is 0 Å². The van der Waals surface area contributed by atoms with Gasteiger partial charge in [-0.25, -0.2) is 0 Å². The number of aromatic hydroxyl groups is 1. The molecule has 0 aliphatic carbocycles. The van der Waals surface area contributed by atoms with Crippen LogP contribution in [0.1, 0.15) is 30.1 Å². The summed E-state index contributed by atoms with van der Waals surface area (Å²) in [6, 6.07) is 2.67. The van der Waals surface area contributed by atoms with Gasteiger partial charge in [-0.2, -0.15) is 0 Å². The number of carbonyl (C=O) groups is 2. The van der Waals surface area contributed by atoms with Gasteiger partial charge in [0, 0.05) is 6.42 Å². The summed E-state index contributed by atoms with van der Waals surface area (Å²) >= 11 is 0. The van der Waals surface area contributed by atoms with Gasteiger partial charge in [-0.05, 0) is 18.6 Å². The fourth-order valence-corrected chi connectivity index (χ4v) is 1.33. The average molecular weight is 238 g/mol. The van der Waals surface area contributed by atoms with E-state index in [1.165, 1.54) is 19.2 Å². The van der Waals surface area contributed by atoms with Gasteiger partial charge in [-0.1, -0.05) is 6.92 Å². The minimum atomic E-state index is -0.473. The van der Waals surface area contributed by atoms with Gasteiger partial charge >= 0.3 is 5.97 Å². The van der Waals surface area contributed by atoms with Crippen LogP contribution in [0.2, 0.25) is 0 Å². The standard InChI is InChI=1S/C12H14O5/c1-3-4-10(15)17-11-8(7-13)5-6-9(14)12(11)16-2/h5-7,14H,3-4H2,1-2H3.